The molecule has 2 unspecified atom stereocenters. The van der Waals surface area contributed by atoms with Crippen molar-refractivity contribution in [2.24, 2.45) is 32.8 Å². The number of esters is 5. The Morgan fingerprint density at radius 2 is 1.36 bits per heavy atom. The molecular formula is C66H82N8O22. The highest BCUT2D eigenvalue weighted by atomic mass is 16.6. The van der Waals surface area contributed by atoms with Gasteiger partial charge in [-0.25, -0.2) is 9.59 Å². The number of nitrogens with zero attached hydrogens (tertiary/aromatic N) is 2. The van der Waals surface area contributed by atoms with Crippen molar-refractivity contribution in [3.05, 3.63) is 129 Å². The van der Waals surface area contributed by atoms with Crippen LogP contribution in [0.3, 0.4) is 0 Å². The van der Waals surface area contributed by atoms with Crippen molar-refractivity contribution in [1.29, 1.82) is 0 Å². The summed E-state index contributed by atoms with van der Waals surface area (Å²) in [6.07, 6.45) is -15.0. The Bertz CT molecular complexity index is 3450. The van der Waals surface area contributed by atoms with Gasteiger partial charge in [0.1, 0.15) is 48.1 Å². The maximum atomic E-state index is 16.5. The lowest BCUT2D eigenvalue weighted by molar-refractivity contribution is -0.346. The lowest BCUT2D eigenvalue weighted by atomic mass is 9.44. The highest BCUT2D eigenvalue weighted by Crippen LogP contribution is 2.65. The Balaban J connectivity index is 1.18. The number of ether oxygens (including phenoxy) is 6. The van der Waals surface area contributed by atoms with E-state index in [2.05, 4.69) is 36.9 Å². The summed E-state index contributed by atoms with van der Waals surface area (Å²) in [6.45, 7) is 9.61. The fraction of sp³-hybridized carbons (Fsp3) is 0.530. The first-order valence-corrected chi connectivity index (χ1v) is 31.3. The van der Waals surface area contributed by atoms with Gasteiger partial charge >= 0.3 is 29.8 Å². The number of nitroso groups, excluding NO2 is 2. The van der Waals surface area contributed by atoms with Gasteiger partial charge in [0.05, 0.1) is 42.0 Å². The third-order valence-electron chi connectivity index (χ3n) is 18.5. The molecule has 7 rings (SSSR count). The van der Waals surface area contributed by atoms with Gasteiger partial charge in [0, 0.05) is 57.2 Å². The molecule has 3 fully saturated rings. The molecule has 30 nitrogen and oxygen atoms in total. The average molecular weight is 1340 g/mol. The van der Waals surface area contributed by atoms with Gasteiger partial charge in [0.15, 0.2) is 29.8 Å². The number of carbonyl (C=O) groups excluding carboxylic acids is 11. The van der Waals surface area contributed by atoms with Crippen molar-refractivity contribution >= 4 is 65.2 Å². The number of nitrogens with one attached hydrogen (secondary N) is 5. The lowest BCUT2D eigenvalue weighted by Gasteiger charge is -2.67. The van der Waals surface area contributed by atoms with Crippen LogP contribution in [0.2, 0.25) is 0 Å². The van der Waals surface area contributed by atoms with Gasteiger partial charge in [-0.15, -0.1) is 4.91 Å². The standard InChI is InChI=1S/C66H82N8O22/c1-34-44(93-62(87)52(80)51(39-19-12-9-13-20-39)72-59(84)40-21-14-10-15-22-40)31-66(88)56(95-61(86)41-23-16-11-17-24-41)54-64(8,55(81)53(92-37(4)75)50(34)63(66,6)7)45(30-46-65(54,33-91-46)96-38(5)76)94-49(79)25-18-28-68-60(85)43(29-47(67)77)71-58(83)36(3)70-57(82)35(2)69-32-42(73-89)26-27-48(78)74-90/h9-17,19-24,35-36,42-46,48,51-54,56,69,78,80,88H,18,25-33H2,1-8H3,(H2,67,77)(H,68,85)(H,70,82)(H,71,83)(H,72,84)/t35-,36-,42+,43-,44+,45+,46-,48?,51+,52-,53-,54?,56+,64-,65+,66-/m1/s1. The van der Waals surface area contributed by atoms with E-state index in [1.165, 1.54) is 77.9 Å². The molecule has 0 radical (unpaired) electrons. The van der Waals surface area contributed by atoms with Crippen LogP contribution in [0, 0.1) is 26.6 Å². The van der Waals surface area contributed by atoms with Crippen LogP contribution >= 0.6 is 0 Å². The molecule has 5 amide bonds. The fourth-order valence-corrected chi connectivity index (χ4v) is 13.2. The quantitative estimate of drug-likeness (QED) is 0.0152. The van der Waals surface area contributed by atoms with Gasteiger partial charge < -0.3 is 76.1 Å². The SMILES string of the molecule is CC(=O)O[C@H]1C(=O)[C@@]2(C)C([C@H](OC(=O)c3ccccc3)[C@]3(O)C[C@H](OC(=O)[C@H](O)[C@@H](NC(=O)c4ccccc4)c4ccccc4)C(C)=C1C3(C)C)[C@]1(OC(C)=O)CO[C@@H]1C[C@@H]2OC(=O)CCCNC(=O)[C@@H](CC(N)=O)NC(=O)[C@@H](C)NC(=O)[C@@H](C)NC[C@H](CCC(O)N=O)N=O. The predicted molar refractivity (Wildman–Crippen MR) is 335 cm³/mol. The Morgan fingerprint density at radius 3 is 1.94 bits per heavy atom. The first kappa shape index (κ1) is 74.2. The van der Waals surface area contributed by atoms with Crippen LogP contribution in [0.1, 0.15) is 133 Å². The van der Waals surface area contributed by atoms with E-state index >= 15 is 4.79 Å². The second kappa shape index (κ2) is 31.5. The van der Waals surface area contributed by atoms with Crippen molar-refractivity contribution in [1.82, 2.24) is 26.6 Å². The highest BCUT2D eigenvalue weighted by molar-refractivity contribution is 5.97. The van der Waals surface area contributed by atoms with Crippen LogP contribution in [0.15, 0.2) is 112 Å². The van der Waals surface area contributed by atoms with Crippen molar-refractivity contribution in [3.63, 3.8) is 0 Å². The second-order valence-electron chi connectivity index (χ2n) is 25.2. The smallest absolute Gasteiger partial charge is 0.338 e. The van der Waals surface area contributed by atoms with Crippen molar-refractivity contribution < 1.29 is 96.5 Å². The molecule has 16 atom stereocenters. The number of aliphatic hydroxyl groups is 3. The minimum Gasteiger partial charge on any atom is -0.461 e. The molecule has 96 heavy (non-hydrogen) atoms. The maximum absolute atomic E-state index is 16.5. The summed E-state index contributed by atoms with van der Waals surface area (Å²) in [5.74, 6) is -12.4. The molecule has 3 aliphatic carbocycles. The van der Waals surface area contributed by atoms with Gasteiger partial charge in [-0.05, 0) is 93.1 Å². The molecule has 3 aromatic rings. The summed E-state index contributed by atoms with van der Waals surface area (Å²) < 4.78 is 37.4. The monoisotopic (exact) mass is 1340 g/mol. The molecule has 1 aliphatic heterocycles. The minimum atomic E-state index is -2.61. The minimum absolute atomic E-state index is 0.0210. The van der Waals surface area contributed by atoms with Crippen LogP contribution in [0.5, 0.6) is 0 Å². The van der Waals surface area contributed by atoms with E-state index in [0.29, 0.717) is 0 Å². The average Bonchev–Trinajstić information content (AvgIpc) is 0.669. The largest absolute Gasteiger partial charge is 0.461 e. The Hall–Kier alpha value is -9.23. The van der Waals surface area contributed by atoms with Gasteiger partial charge in [-0.3, -0.25) is 43.2 Å². The first-order valence-electron chi connectivity index (χ1n) is 31.3. The Morgan fingerprint density at radius 1 is 0.750 bits per heavy atom. The molecule has 1 heterocycles. The van der Waals surface area contributed by atoms with Gasteiger partial charge in [-0.2, -0.15) is 4.91 Å². The predicted octanol–water partition coefficient (Wildman–Crippen LogP) is 2.03. The molecule has 0 aromatic heterocycles. The zero-order valence-corrected chi connectivity index (χ0v) is 54.3. The number of hydrogen-bond donors (Lipinski definition) is 9. The highest BCUT2D eigenvalue weighted by Gasteiger charge is 2.79. The van der Waals surface area contributed by atoms with E-state index in [9.17, 15) is 73.1 Å². The molecule has 518 valence electrons. The summed E-state index contributed by atoms with van der Waals surface area (Å²) in [4.78, 5) is 175. The Kier molecular flexibility index (Phi) is 24.4. The van der Waals surface area contributed by atoms with E-state index in [-0.39, 0.29) is 60.2 Å². The number of aliphatic hydroxyl groups excluding tert-OH is 2. The summed E-state index contributed by atoms with van der Waals surface area (Å²) in [5, 5.41) is 53.8. The van der Waals surface area contributed by atoms with Gasteiger partial charge in [0.2, 0.25) is 23.6 Å². The van der Waals surface area contributed by atoms with Crippen LogP contribution in [-0.2, 0) is 71.6 Å². The lowest BCUT2D eigenvalue weighted by Crippen LogP contribution is -2.82. The Labute approximate surface area is 552 Å². The number of Topliss-reactive ketones (excluding diaryl/α,β-unsaturated/α-hetero) is 1. The van der Waals surface area contributed by atoms with E-state index < -0.39 is 198 Å². The number of hydrogen-bond acceptors (Lipinski definition) is 25. The zero-order chi connectivity index (χ0) is 70.6. The molecule has 2 bridgehead atoms. The number of ketones is 1. The van der Waals surface area contributed by atoms with Gasteiger partial charge in [-0.1, -0.05) is 85.8 Å². The van der Waals surface area contributed by atoms with Crippen molar-refractivity contribution in [3.8, 4) is 0 Å². The summed E-state index contributed by atoms with van der Waals surface area (Å²) >= 11 is 0. The van der Waals surface area contributed by atoms with E-state index in [1.807, 2.05) is 0 Å². The number of fused-ring (bicyclic) bond motifs is 5. The molecule has 3 aromatic carbocycles. The molecule has 30 heteroatoms. The molecule has 4 aliphatic rings. The van der Waals surface area contributed by atoms with E-state index in [4.69, 9.17) is 34.2 Å². The fourth-order valence-electron chi connectivity index (χ4n) is 13.2. The zero-order valence-electron chi connectivity index (χ0n) is 54.3. The number of rotatable bonds is 30. The van der Waals surface area contributed by atoms with Crippen LogP contribution in [0.4, 0.5) is 0 Å². The van der Waals surface area contributed by atoms with Crippen LogP contribution in [0.25, 0.3) is 0 Å². The van der Waals surface area contributed by atoms with Crippen molar-refractivity contribution in [2.45, 2.75) is 185 Å². The topological polar surface area (TPSA) is 449 Å². The van der Waals surface area contributed by atoms with Crippen LogP contribution in [-0.4, -0.2) is 178 Å². The van der Waals surface area contributed by atoms with Crippen LogP contribution < -0.4 is 32.3 Å². The number of primary amides is 1. The summed E-state index contributed by atoms with van der Waals surface area (Å²) in [6, 6.07) is 17.2. The third-order valence-corrected chi connectivity index (χ3v) is 18.5. The summed E-state index contributed by atoms with van der Waals surface area (Å²) in [7, 11) is 0. The molecule has 0 spiro atoms. The number of amides is 5. The molecule has 10 N–H and O–H groups in total. The molecule has 2 saturated carbocycles. The maximum Gasteiger partial charge on any atom is 0.338 e. The third kappa shape index (κ3) is 16.3. The second-order valence-corrected chi connectivity index (χ2v) is 25.2. The molecule has 1 saturated heterocycles. The number of carbonyl (C=O) groups is 11. The first-order chi connectivity index (χ1) is 45.3. The van der Waals surface area contributed by atoms with E-state index in [1.54, 1.807) is 54.6 Å². The summed E-state index contributed by atoms with van der Waals surface area (Å²) in [5.41, 5.74) is -3.03. The van der Waals surface area contributed by atoms with Gasteiger partial charge in [0.25, 0.3) is 5.91 Å². The molecular weight excluding hydrogens is 1260 g/mol. The number of nitrogens with two attached hydrogens (primary N) is 1. The number of benzene rings is 3. The van der Waals surface area contributed by atoms with Crippen molar-refractivity contribution in [2.75, 3.05) is 19.7 Å². The van der Waals surface area contributed by atoms with E-state index in [0.717, 1.165) is 13.8 Å². The normalized spacial score (nSPS) is 26.1.